The smallest absolute Gasteiger partial charge is 0.223 e. The lowest BCUT2D eigenvalue weighted by atomic mass is 10.1. The minimum absolute atomic E-state index is 0. The van der Waals surface area contributed by atoms with Gasteiger partial charge < -0.3 is 10.2 Å². The molecule has 1 saturated heterocycles. The standard InChI is InChI=1S/C11H16N2OS.ClH/c1-13(9-7-12-8-9)11(14)5-4-10-3-2-6-15-10;/h2-3,6,9,12H,4-5,7-8H2,1H3;1H. The van der Waals surface area contributed by atoms with E-state index in [1.165, 1.54) is 4.88 Å². The van der Waals surface area contributed by atoms with Crippen molar-refractivity contribution < 1.29 is 4.79 Å². The van der Waals surface area contributed by atoms with Crippen LogP contribution in [0.4, 0.5) is 0 Å². The van der Waals surface area contributed by atoms with Crippen molar-refractivity contribution in [3.63, 3.8) is 0 Å². The Morgan fingerprint density at radius 2 is 2.38 bits per heavy atom. The van der Waals surface area contributed by atoms with Gasteiger partial charge in [0.05, 0.1) is 6.04 Å². The normalized spacial score (nSPS) is 15.1. The Kier molecular flexibility index (Phi) is 5.25. The van der Waals surface area contributed by atoms with Crippen LogP contribution < -0.4 is 5.32 Å². The van der Waals surface area contributed by atoms with Crippen molar-refractivity contribution in [2.45, 2.75) is 18.9 Å². The minimum atomic E-state index is 0. The van der Waals surface area contributed by atoms with E-state index in [9.17, 15) is 4.79 Å². The van der Waals surface area contributed by atoms with Crippen molar-refractivity contribution in [2.75, 3.05) is 20.1 Å². The van der Waals surface area contributed by atoms with Gasteiger partial charge in [-0.25, -0.2) is 0 Å². The number of hydrogen-bond donors (Lipinski definition) is 1. The zero-order chi connectivity index (χ0) is 10.7. The first-order valence-electron chi connectivity index (χ1n) is 5.26. The van der Waals surface area contributed by atoms with Crippen LogP contribution in [0.15, 0.2) is 17.5 Å². The zero-order valence-corrected chi connectivity index (χ0v) is 10.9. The van der Waals surface area contributed by atoms with Gasteiger partial charge in [0.1, 0.15) is 0 Å². The summed E-state index contributed by atoms with van der Waals surface area (Å²) in [6.07, 6.45) is 1.51. The molecule has 2 rings (SSSR count). The number of halogens is 1. The van der Waals surface area contributed by atoms with Crippen molar-refractivity contribution in [1.29, 1.82) is 0 Å². The minimum Gasteiger partial charge on any atom is -0.340 e. The summed E-state index contributed by atoms with van der Waals surface area (Å²) in [5.41, 5.74) is 0. The summed E-state index contributed by atoms with van der Waals surface area (Å²) in [6.45, 7) is 1.89. The van der Waals surface area contributed by atoms with Gasteiger partial charge >= 0.3 is 0 Å². The predicted molar refractivity (Wildman–Crippen MR) is 69.3 cm³/mol. The second-order valence-corrected chi connectivity index (χ2v) is 4.93. The number of amides is 1. The molecule has 5 heteroatoms. The summed E-state index contributed by atoms with van der Waals surface area (Å²) in [6, 6.07) is 4.54. The quantitative estimate of drug-likeness (QED) is 0.891. The molecule has 0 saturated carbocycles. The summed E-state index contributed by atoms with van der Waals surface area (Å²) in [5, 5.41) is 5.23. The van der Waals surface area contributed by atoms with Crippen LogP contribution in [0.1, 0.15) is 11.3 Å². The van der Waals surface area contributed by atoms with Crippen LogP contribution in [-0.2, 0) is 11.2 Å². The maximum Gasteiger partial charge on any atom is 0.223 e. The number of aryl methyl sites for hydroxylation is 1. The molecule has 1 aliphatic heterocycles. The molecule has 1 aromatic heterocycles. The maximum absolute atomic E-state index is 11.8. The number of nitrogens with one attached hydrogen (secondary N) is 1. The summed E-state index contributed by atoms with van der Waals surface area (Å²) >= 11 is 1.72. The largest absolute Gasteiger partial charge is 0.340 e. The topological polar surface area (TPSA) is 32.3 Å². The highest BCUT2D eigenvalue weighted by atomic mass is 35.5. The lowest BCUT2D eigenvalue weighted by molar-refractivity contribution is -0.132. The highest BCUT2D eigenvalue weighted by Crippen LogP contribution is 2.12. The summed E-state index contributed by atoms with van der Waals surface area (Å²) in [7, 11) is 1.91. The van der Waals surface area contributed by atoms with Gasteiger partial charge in [-0.1, -0.05) is 6.07 Å². The Balaban J connectivity index is 0.00000128. The number of nitrogens with zero attached hydrogens (tertiary/aromatic N) is 1. The number of carbonyl (C=O) groups is 1. The number of carbonyl (C=O) groups excluding carboxylic acids is 1. The van der Waals surface area contributed by atoms with Gasteiger partial charge in [0.25, 0.3) is 0 Å². The first-order chi connectivity index (χ1) is 7.27. The summed E-state index contributed by atoms with van der Waals surface area (Å²) in [5.74, 6) is 0.259. The monoisotopic (exact) mass is 260 g/mol. The molecule has 16 heavy (non-hydrogen) atoms. The van der Waals surface area contributed by atoms with E-state index in [1.54, 1.807) is 11.3 Å². The highest BCUT2D eigenvalue weighted by Gasteiger charge is 2.24. The molecular formula is C11H17ClN2OS. The third-order valence-electron chi connectivity index (χ3n) is 2.87. The molecule has 3 nitrogen and oxygen atoms in total. The molecule has 0 radical (unpaired) electrons. The Bertz CT molecular complexity index is 325. The van der Waals surface area contributed by atoms with Gasteiger partial charge in [0.15, 0.2) is 0 Å². The first kappa shape index (κ1) is 13.5. The fourth-order valence-electron chi connectivity index (χ4n) is 1.61. The van der Waals surface area contributed by atoms with Crippen LogP contribution >= 0.6 is 23.7 Å². The molecule has 1 aliphatic rings. The molecule has 1 N–H and O–H groups in total. The van der Waals surface area contributed by atoms with E-state index in [1.807, 2.05) is 18.0 Å². The van der Waals surface area contributed by atoms with Crippen LogP contribution in [0.25, 0.3) is 0 Å². The van der Waals surface area contributed by atoms with E-state index in [4.69, 9.17) is 0 Å². The third kappa shape index (κ3) is 3.20. The van der Waals surface area contributed by atoms with Gasteiger partial charge in [-0.15, -0.1) is 23.7 Å². The van der Waals surface area contributed by atoms with Crippen molar-refractivity contribution in [3.8, 4) is 0 Å². The van der Waals surface area contributed by atoms with Crippen LogP contribution in [0.5, 0.6) is 0 Å². The number of likely N-dealkylation sites (N-methyl/N-ethyl adjacent to an activating group) is 1. The molecule has 1 amide bonds. The molecule has 1 fully saturated rings. The summed E-state index contributed by atoms with van der Waals surface area (Å²) < 4.78 is 0. The van der Waals surface area contributed by atoms with E-state index in [0.717, 1.165) is 19.5 Å². The molecule has 2 heterocycles. The second kappa shape index (κ2) is 6.23. The fraction of sp³-hybridized carbons (Fsp3) is 0.545. The summed E-state index contributed by atoms with van der Waals surface area (Å²) in [4.78, 5) is 14.9. The third-order valence-corrected chi connectivity index (χ3v) is 3.80. The van der Waals surface area contributed by atoms with E-state index in [-0.39, 0.29) is 18.3 Å². The van der Waals surface area contributed by atoms with Crippen LogP contribution in [0.2, 0.25) is 0 Å². The van der Waals surface area contributed by atoms with E-state index in [2.05, 4.69) is 16.8 Å². The average molecular weight is 261 g/mol. The number of rotatable bonds is 4. The molecule has 0 aromatic carbocycles. The van der Waals surface area contributed by atoms with Crippen molar-refractivity contribution in [2.24, 2.45) is 0 Å². The molecule has 0 bridgehead atoms. The Morgan fingerprint density at radius 3 is 2.88 bits per heavy atom. The molecule has 0 spiro atoms. The molecule has 0 unspecified atom stereocenters. The number of thiophene rings is 1. The first-order valence-corrected chi connectivity index (χ1v) is 6.14. The van der Waals surface area contributed by atoms with Gasteiger partial charge in [0, 0.05) is 31.4 Å². The van der Waals surface area contributed by atoms with E-state index in [0.29, 0.717) is 12.5 Å². The Labute approximate surface area is 106 Å². The van der Waals surface area contributed by atoms with E-state index >= 15 is 0 Å². The van der Waals surface area contributed by atoms with Crippen molar-refractivity contribution >= 4 is 29.7 Å². The molecule has 0 aliphatic carbocycles. The lowest BCUT2D eigenvalue weighted by Gasteiger charge is -2.35. The Hall–Kier alpha value is -0.580. The fourth-order valence-corrected chi connectivity index (χ4v) is 2.32. The molecule has 90 valence electrons. The van der Waals surface area contributed by atoms with Crippen LogP contribution in [-0.4, -0.2) is 37.0 Å². The maximum atomic E-state index is 11.8. The van der Waals surface area contributed by atoms with Crippen LogP contribution in [0, 0.1) is 0 Å². The van der Waals surface area contributed by atoms with Gasteiger partial charge in [0.2, 0.25) is 5.91 Å². The van der Waals surface area contributed by atoms with Gasteiger partial charge in [-0.05, 0) is 17.9 Å². The zero-order valence-electron chi connectivity index (χ0n) is 9.31. The lowest BCUT2D eigenvalue weighted by Crippen LogP contribution is -2.57. The highest BCUT2D eigenvalue weighted by molar-refractivity contribution is 7.09. The molecule has 0 atom stereocenters. The average Bonchev–Trinajstić information content (AvgIpc) is 2.63. The van der Waals surface area contributed by atoms with Crippen molar-refractivity contribution in [3.05, 3.63) is 22.4 Å². The Morgan fingerprint density at radius 1 is 1.62 bits per heavy atom. The van der Waals surface area contributed by atoms with Gasteiger partial charge in [-0.2, -0.15) is 0 Å². The number of hydrogen-bond acceptors (Lipinski definition) is 3. The van der Waals surface area contributed by atoms with Gasteiger partial charge in [-0.3, -0.25) is 4.79 Å². The van der Waals surface area contributed by atoms with Crippen molar-refractivity contribution in [1.82, 2.24) is 10.2 Å². The second-order valence-electron chi connectivity index (χ2n) is 3.90. The van der Waals surface area contributed by atoms with E-state index < -0.39 is 0 Å². The SMILES string of the molecule is CN(C(=O)CCc1cccs1)C1CNC1.Cl. The van der Waals surface area contributed by atoms with Crippen LogP contribution in [0.3, 0.4) is 0 Å². The molecular weight excluding hydrogens is 244 g/mol. The molecule has 1 aromatic rings. The predicted octanol–water partition coefficient (Wildman–Crippen LogP) is 1.53.